The lowest BCUT2D eigenvalue weighted by atomic mass is 9.82. The van der Waals surface area contributed by atoms with E-state index in [1.807, 2.05) is 19.1 Å². The monoisotopic (exact) mass is 245 g/mol. The van der Waals surface area contributed by atoms with Crippen LogP contribution in [0.4, 0.5) is 0 Å². The molecule has 15 heavy (non-hydrogen) atoms. The highest BCUT2D eigenvalue weighted by atomic mass is 35.5. The number of halogens is 1. The maximum atomic E-state index is 10.5. The van der Waals surface area contributed by atoms with E-state index < -0.39 is 5.60 Å². The van der Waals surface area contributed by atoms with Crippen LogP contribution in [0.25, 0.3) is 0 Å². The normalized spacial score (nSPS) is 26.2. The second kappa shape index (κ2) is 4.42. The van der Waals surface area contributed by atoms with E-state index in [9.17, 15) is 5.11 Å². The van der Waals surface area contributed by atoms with Crippen molar-refractivity contribution in [3.8, 4) is 0 Å². The van der Waals surface area contributed by atoms with E-state index >= 15 is 0 Å². The largest absolute Gasteiger partial charge is 0.384 e. The molecule has 1 aromatic heterocycles. The van der Waals surface area contributed by atoms with Gasteiger partial charge in [0.1, 0.15) is 0 Å². The zero-order valence-corrected chi connectivity index (χ0v) is 10.4. The maximum Gasteiger partial charge on any atom is 0.1000 e. The molecule has 1 aliphatic heterocycles. The topological polar surface area (TPSA) is 32.3 Å². The van der Waals surface area contributed by atoms with E-state index in [2.05, 4.69) is 5.32 Å². The Morgan fingerprint density at radius 2 is 2.40 bits per heavy atom. The molecule has 0 saturated carbocycles. The Morgan fingerprint density at radius 1 is 1.60 bits per heavy atom. The fraction of sp³-hybridized carbons (Fsp3) is 0.636. The second-order valence-corrected chi connectivity index (χ2v) is 6.01. The van der Waals surface area contributed by atoms with Crippen LogP contribution in [0.5, 0.6) is 0 Å². The molecule has 1 fully saturated rings. The van der Waals surface area contributed by atoms with Gasteiger partial charge in [0.15, 0.2) is 0 Å². The molecule has 2 N–H and O–H groups in total. The van der Waals surface area contributed by atoms with Crippen molar-refractivity contribution in [2.75, 3.05) is 13.1 Å². The number of hydrogen-bond acceptors (Lipinski definition) is 3. The molecule has 84 valence electrons. The van der Waals surface area contributed by atoms with Gasteiger partial charge in [0.05, 0.1) is 9.94 Å². The van der Waals surface area contributed by atoms with Crippen molar-refractivity contribution < 1.29 is 5.11 Å². The molecule has 2 heterocycles. The van der Waals surface area contributed by atoms with Crippen LogP contribution in [0.3, 0.4) is 0 Å². The number of aliphatic hydroxyl groups is 1. The highest BCUT2D eigenvalue weighted by Gasteiger charge is 2.35. The average Bonchev–Trinajstić information content (AvgIpc) is 2.67. The Labute approximate surface area is 99.3 Å². The molecule has 1 saturated heterocycles. The van der Waals surface area contributed by atoms with Crippen molar-refractivity contribution in [3.05, 3.63) is 21.3 Å². The summed E-state index contributed by atoms with van der Waals surface area (Å²) < 4.78 is 0.744. The van der Waals surface area contributed by atoms with Gasteiger partial charge >= 0.3 is 0 Å². The van der Waals surface area contributed by atoms with E-state index in [-0.39, 0.29) is 0 Å². The summed E-state index contributed by atoms with van der Waals surface area (Å²) >= 11 is 7.37. The van der Waals surface area contributed by atoms with Gasteiger partial charge in [-0.1, -0.05) is 11.6 Å². The van der Waals surface area contributed by atoms with Crippen molar-refractivity contribution in [2.24, 2.45) is 5.92 Å². The molecule has 2 atom stereocenters. The Hall–Kier alpha value is -0.0900. The van der Waals surface area contributed by atoms with Gasteiger partial charge in [-0.3, -0.25) is 0 Å². The molecular formula is C11H16ClNOS. The van der Waals surface area contributed by atoms with Crippen molar-refractivity contribution in [3.63, 3.8) is 0 Å². The maximum absolute atomic E-state index is 10.5. The molecule has 2 nitrogen and oxygen atoms in total. The number of hydrogen-bond donors (Lipinski definition) is 2. The first-order chi connectivity index (χ1) is 7.10. The summed E-state index contributed by atoms with van der Waals surface area (Å²) in [6.45, 7) is 3.85. The number of nitrogens with one attached hydrogen (secondary N) is 1. The van der Waals surface area contributed by atoms with Crippen LogP contribution < -0.4 is 5.32 Å². The SMILES string of the molecule is CC(O)(c1ccc(Cl)s1)C1CCCNC1. The number of rotatable bonds is 2. The minimum Gasteiger partial charge on any atom is -0.384 e. The minimum absolute atomic E-state index is 0.293. The predicted octanol–water partition coefficient (Wildman–Crippen LogP) is 2.61. The van der Waals surface area contributed by atoms with Gasteiger partial charge in [0.25, 0.3) is 0 Å². The lowest BCUT2D eigenvalue weighted by Gasteiger charge is -2.35. The Morgan fingerprint density at radius 3 is 2.93 bits per heavy atom. The van der Waals surface area contributed by atoms with E-state index in [0.29, 0.717) is 5.92 Å². The quantitative estimate of drug-likeness (QED) is 0.840. The van der Waals surface area contributed by atoms with Crippen LogP contribution in [0.2, 0.25) is 4.34 Å². The highest BCUT2D eigenvalue weighted by molar-refractivity contribution is 7.16. The summed E-state index contributed by atoms with van der Waals surface area (Å²) in [7, 11) is 0. The first kappa shape index (κ1) is 11.4. The minimum atomic E-state index is -0.745. The fourth-order valence-corrected chi connectivity index (χ4v) is 3.29. The van der Waals surface area contributed by atoms with Gasteiger partial charge in [-0.15, -0.1) is 11.3 Å². The lowest BCUT2D eigenvalue weighted by Crippen LogP contribution is -2.41. The van der Waals surface area contributed by atoms with Crippen LogP contribution in [0.1, 0.15) is 24.6 Å². The average molecular weight is 246 g/mol. The van der Waals surface area contributed by atoms with E-state index in [1.165, 1.54) is 11.3 Å². The molecule has 0 amide bonds. The van der Waals surface area contributed by atoms with Gasteiger partial charge in [-0.05, 0) is 38.4 Å². The first-order valence-corrected chi connectivity index (χ1v) is 6.49. The van der Waals surface area contributed by atoms with E-state index in [0.717, 1.165) is 35.1 Å². The molecule has 0 radical (unpaired) electrons. The Kier molecular flexibility index (Phi) is 3.36. The van der Waals surface area contributed by atoms with Crippen molar-refractivity contribution in [1.29, 1.82) is 0 Å². The number of piperidine rings is 1. The van der Waals surface area contributed by atoms with Crippen molar-refractivity contribution >= 4 is 22.9 Å². The van der Waals surface area contributed by atoms with Crippen LogP contribution in [-0.2, 0) is 5.60 Å². The molecule has 2 rings (SSSR count). The van der Waals surface area contributed by atoms with Crippen molar-refractivity contribution in [2.45, 2.75) is 25.4 Å². The third kappa shape index (κ3) is 2.36. The standard InChI is InChI=1S/C11H16ClNOS/c1-11(14,8-3-2-6-13-7-8)9-4-5-10(12)15-9/h4-5,8,13-14H,2-3,6-7H2,1H3. The first-order valence-electron chi connectivity index (χ1n) is 5.29. The lowest BCUT2D eigenvalue weighted by molar-refractivity contribution is -0.0123. The van der Waals surface area contributed by atoms with Crippen LogP contribution in [-0.4, -0.2) is 18.2 Å². The summed E-state index contributed by atoms with van der Waals surface area (Å²) in [6.07, 6.45) is 2.22. The molecule has 0 aromatic carbocycles. The summed E-state index contributed by atoms with van der Waals surface area (Å²) in [5.41, 5.74) is -0.745. The van der Waals surface area contributed by atoms with Crippen LogP contribution in [0, 0.1) is 5.92 Å². The number of thiophene rings is 1. The predicted molar refractivity (Wildman–Crippen MR) is 64.5 cm³/mol. The summed E-state index contributed by atoms with van der Waals surface area (Å²) in [5, 5.41) is 13.9. The summed E-state index contributed by atoms with van der Waals surface area (Å²) in [4.78, 5) is 0.973. The van der Waals surface area contributed by atoms with Crippen molar-refractivity contribution in [1.82, 2.24) is 5.32 Å². The summed E-state index contributed by atoms with van der Waals surface area (Å²) in [6, 6.07) is 3.79. The zero-order valence-electron chi connectivity index (χ0n) is 8.79. The molecule has 4 heteroatoms. The van der Waals surface area contributed by atoms with Gasteiger partial charge in [0.2, 0.25) is 0 Å². The molecule has 0 aliphatic carbocycles. The molecular weight excluding hydrogens is 230 g/mol. The fourth-order valence-electron chi connectivity index (χ4n) is 2.12. The summed E-state index contributed by atoms with van der Waals surface area (Å²) in [5.74, 6) is 0.293. The van der Waals surface area contributed by atoms with Gasteiger partial charge in [-0.25, -0.2) is 0 Å². The smallest absolute Gasteiger partial charge is 0.1000 e. The van der Waals surface area contributed by atoms with E-state index in [4.69, 9.17) is 11.6 Å². The van der Waals surface area contributed by atoms with E-state index in [1.54, 1.807) is 0 Å². The third-order valence-corrected chi connectivity index (χ3v) is 4.62. The molecule has 2 unspecified atom stereocenters. The molecule has 1 aliphatic rings. The highest BCUT2D eigenvalue weighted by Crippen LogP contribution is 2.38. The van der Waals surface area contributed by atoms with Gasteiger partial charge in [0, 0.05) is 17.3 Å². The van der Waals surface area contributed by atoms with Gasteiger partial charge in [-0.2, -0.15) is 0 Å². The second-order valence-electron chi connectivity index (χ2n) is 4.29. The Balaban J connectivity index is 2.17. The molecule has 1 aromatic rings. The molecule has 0 bridgehead atoms. The molecule has 0 spiro atoms. The third-order valence-electron chi connectivity index (χ3n) is 3.16. The Bertz CT molecular complexity index is 331. The van der Waals surface area contributed by atoms with Crippen LogP contribution >= 0.6 is 22.9 Å². The van der Waals surface area contributed by atoms with Gasteiger partial charge < -0.3 is 10.4 Å². The van der Waals surface area contributed by atoms with Crippen LogP contribution in [0.15, 0.2) is 12.1 Å². The zero-order chi connectivity index (χ0) is 10.9.